The minimum atomic E-state index is -0.420. The molecule has 0 saturated heterocycles. The molecule has 2 aromatic rings. The number of pyridine rings is 1. The molecule has 2 heterocycles. The van der Waals surface area contributed by atoms with E-state index in [0.29, 0.717) is 29.9 Å². The molecule has 0 aliphatic carbocycles. The third-order valence-corrected chi connectivity index (χ3v) is 4.57. The molecule has 0 saturated carbocycles. The molecule has 1 N–H and O–H groups in total. The summed E-state index contributed by atoms with van der Waals surface area (Å²) in [6.07, 6.45) is 3.46. The van der Waals surface area contributed by atoms with Gasteiger partial charge in [0.2, 0.25) is 0 Å². The smallest absolute Gasteiger partial charge is 0.261 e. The number of fused-ring (bicyclic) bond motifs is 1. The summed E-state index contributed by atoms with van der Waals surface area (Å²) >= 11 is 0. The molecule has 3 rings (SSSR count). The van der Waals surface area contributed by atoms with Gasteiger partial charge in [-0.1, -0.05) is 12.5 Å². The van der Waals surface area contributed by atoms with Crippen molar-refractivity contribution in [1.29, 1.82) is 0 Å². The molecule has 1 aromatic heterocycles. The summed E-state index contributed by atoms with van der Waals surface area (Å²) < 4.78 is 20.5. The highest BCUT2D eigenvalue weighted by atomic mass is 19.1. The lowest BCUT2D eigenvalue weighted by molar-refractivity contribution is 0.102. The molecule has 0 fully saturated rings. The van der Waals surface area contributed by atoms with E-state index in [9.17, 15) is 14.0 Å². The lowest BCUT2D eigenvalue weighted by Crippen LogP contribution is -2.27. The molecule has 0 unspecified atom stereocenters. The zero-order valence-corrected chi connectivity index (χ0v) is 14.4. The van der Waals surface area contributed by atoms with Crippen molar-refractivity contribution in [2.45, 2.75) is 39.2 Å². The maximum absolute atomic E-state index is 13.5. The number of nitrogens with zero attached hydrogens (tertiary/aromatic N) is 1. The van der Waals surface area contributed by atoms with E-state index in [1.54, 1.807) is 17.6 Å². The Bertz CT molecular complexity index is 874. The van der Waals surface area contributed by atoms with Gasteiger partial charge in [-0.2, -0.15) is 0 Å². The molecular formula is C19H21FN2O3. The van der Waals surface area contributed by atoms with Gasteiger partial charge in [-0.3, -0.25) is 9.59 Å². The number of rotatable bonds is 3. The number of ether oxygens (including phenoxy) is 1. The molecule has 25 heavy (non-hydrogen) atoms. The number of methoxy groups -OCH3 is 1. The average Bonchev–Trinajstić information content (AvgIpc) is 2.84. The van der Waals surface area contributed by atoms with Crippen LogP contribution in [0, 0.1) is 12.7 Å². The van der Waals surface area contributed by atoms with Crippen molar-refractivity contribution in [2.24, 2.45) is 0 Å². The largest absolute Gasteiger partial charge is 0.496 e. The Morgan fingerprint density at radius 2 is 2.04 bits per heavy atom. The second-order valence-electron chi connectivity index (χ2n) is 6.25. The zero-order valence-electron chi connectivity index (χ0n) is 14.4. The van der Waals surface area contributed by atoms with Crippen LogP contribution in [0.4, 0.5) is 10.1 Å². The normalized spacial score (nSPS) is 13.7. The third kappa shape index (κ3) is 3.43. The summed E-state index contributed by atoms with van der Waals surface area (Å²) in [6.45, 7) is 2.39. The summed E-state index contributed by atoms with van der Waals surface area (Å²) in [5.41, 5.74) is 2.05. The Morgan fingerprint density at radius 1 is 1.24 bits per heavy atom. The molecule has 0 radical (unpaired) electrons. The fourth-order valence-electron chi connectivity index (χ4n) is 3.23. The number of aryl methyl sites for hydroxylation is 1. The monoisotopic (exact) mass is 344 g/mol. The molecule has 1 amide bonds. The molecule has 0 bridgehead atoms. The molecule has 0 atom stereocenters. The number of anilines is 1. The van der Waals surface area contributed by atoms with Gasteiger partial charge in [0.05, 0.1) is 7.11 Å². The highest BCUT2D eigenvalue weighted by molar-refractivity contribution is 6.07. The van der Waals surface area contributed by atoms with Crippen molar-refractivity contribution in [1.82, 2.24) is 4.57 Å². The molecule has 5 nitrogen and oxygen atoms in total. The Balaban J connectivity index is 2.07. The first-order chi connectivity index (χ1) is 12.0. The highest BCUT2D eigenvalue weighted by Crippen LogP contribution is 2.26. The molecule has 1 aliphatic rings. The number of amides is 1. The lowest BCUT2D eigenvalue weighted by atomic mass is 10.1. The number of hydrogen-bond acceptors (Lipinski definition) is 3. The zero-order chi connectivity index (χ0) is 18.0. The van der Waals surface area contributed by atoms with Crippen LogP contribution in [-0.2, 0) is 13.0 Å². The van der Waals surface area contributed by atoms with Crippen LogP contribution in [-0.4, -0.2) is 17.6 Å². The van der Waals surface area contributed by atoms with E-state index in [0.717, 1.165) is 24.8 Å². The maximum atomic E-state index is 13.5. The first kappa shape index (κ1) is 17.2. The van der Waals surface area contributed by atoms with Crippen molar-refractivity contribution in [3.63, 3.8) is 0 Å². The molecule has 1 aliphatic heterocycles. The van der Waals surface area contributed by atoms with Crippen molar-refractivity contribution in [3.05, 3.63) is 57.3 Å². The van der Waals surface area contributed by atoms with E-state index in [-0.39, 0.29) is 11.3 Å². The lowest BCUT2D eigenvalue weighted by Gasteiger charge is -2.18. The minimum absolute atomic E-state index is 0.160. The number of nitrogens with one attached hydrogen (secondary N) is 1. The van der Waals surface area contributed by atoms with Gasteiger partial charge in [-0.15, -0.1) is 0 Å². The van der Waals surface area contributed by atoms with E-state index in [2.05, 4.69) is 5.32 Å². The summed E-state index contributed by atoms with van der Waals surface area (Å²) in [5, 5.41) is 2.76. The van der Waals surface area contributed by atoms with Gasteiger partial charge in [0.15, 0.2) is 0 Å². The van der Waals surface area contributed by atoms with Crippen LogP contribution in [0.25, 0.3) is 0 Å². The van der Waals surface area contributed by atoms with Gasteiger partial charge < -0.3 is 14.6 Å². The van der Waals surface area contributed by atoms with Crippen LogP contribution >= 0.6 is 0 Å². The fraction of sp³-hybridized carbons (Fsp3) is 0.368. The average molecular weight is 344 g/mol. The number of carbonyl (C=O) groups excluding carboxylic acids is 1. The summed E-state index contributed by atoms with van der Waals surface area (Å²) in [7, 11) is 1.44. The standard InChI is InChI=1S/C19H21FN2O3/c1-12-7-8-13(20)10-14(12)21-19(24)18-15-6-4-3-5-9-22(15)17(23)11-16(18)25-2/h7-8,10-11H,3-6,9H2,1-2H3,(H,21,24). The Kier molecular flexibility index (Phi) is 4.88. The molecular weight excluding hydrogens is 323 g/mol. The Labute approximate surface area is 145 Å². The second-order valence-corrected chi connectivity index (χ2v) is 6.25. The van der Waals surface area contributed by atoms with Crippen molar-refractivity contribution < 1.29 is 13.9 Å². The number of hydrogen-bond donors (Lipinski definition) is 1. The summed E-state index contributed by atoms with van der Waals surface area (Å²) in [6, 6.07) is 5.59. The second kappa shape index (κ2) is 7.09. The topological polar surface area (TPSA) is 60.3 Å². The van der Waals surface area contributed by atoms with Crippen LogP contribution in [0.1, 0.15) is 40.9 Å². The fourth-order valence-corrected chi connectivity index (χ4v) is 3.23. The van der Waals surface area contributed by atoms with Gasteiger partial charge in [-0.05, 0) is 43.9 Å². The number of aromatic nitrogens is 1. The molecule has 6 heteroatoms. The van der Waals surface area contributed by atoms with Crippen molar-refractivity contribution >= 4 is 11.6 Å². The number of benzene rings is 1. The van der Waals surface area contributed by atoms with Crippen molar-refractivity contribution in [3.8, 4) is 5.75 Å². The Hall–Kier alpha value is -2.63. The van der Waals surface area contributed by atoms with E-state index >= 15 is 0 Å². The SMILES string of the molecule is COc1cc(=O)n2c(c1C(=O)Nc1cc(F)ccc1C)CCCCC2. The molecule has 1 aromatic carbocycles. The van der Waals surface area contributed by atoms with E-state index in [4.69, 9.17) is 4.74 Å². The predicted molar refractivity (Wildman–Crippen MR) is 93.9 cm³/mol. The van der Waals surface area contributed by atoms with E-state index in [1.165, 1.54) is 25.3 Å². The van der Waals surface area contributed by atoms with Crippen LogP contribution in [0.5, 0.6) is 5.75 Å². The van der Waals surface area contributed by atoms with Gasteiger partial charge in [-0.25, -0.2) is 4.39 Å². The summed E-state index contributed by atoms with van der Waals surface area (Å²) in [4.78, 5) is 25.3. The van der Waals surface area contributed by atoms with E-state index < -0.39 is 11.7 Å². The maximum Gasteiger partial charge on any atom is 0.261 e. The number of halogens is 1. The van der Waals surface area contributed by atoms with Crippen LogP contribution in [0.3, 0.4) is 0 Å². The summed E-state index contributed by atoms with van der Waals surface area (Å²) in [5.74, 6) is -0.558. The first-order valence-corrected chi connectivity index (χ1v) is 8.39. The molecule has 132 valence electrons. The van der Waals surface area contributed by atoms with Gasteiger partial charge in [0, 0.05) is 24.0 Å². The Morgan fingerprint density at radius 3 is 2.80 bits per heavy atom. The molecule has 0 spiro atoms. The number of carbonyl (C=O) groups is 1. The van der Waals surface area contributed by atoms with Gasteiger partial charge >= 0.3 is 0 Å². The first-order valence-electron chi connectivity index (χ1n) is 8.39. The highest BCUT2D eigenvalue weighted by Gasteiger charge is 2.24. The van der Waals surface area contributed by atoms with Crippen LogP contribution < -0.4 is 15.6 Å². The van der Waals surface area contributed by atoms with Gasteiger partial charge in [0.25, 0.3) is 11.5 Å². The van der Waals surface area contributed by atoms with Crippen LogP contribution in [0.15, 0.2) is 29.1 Å². The predicted octanol–water partition coefficient (Wildman–Crippen LogP) is 3.28. The van der Waals surface area contributed by atoms with Gasteiger partial charge in [0.1, 0.15) is 17.1 Å². The quantitative estimate of drug-likeness (QED) is 0.929. The van der Waals surface area contributed by atoms with Crippen molar-refractivity contribution in [2.75, 3.05) is 12.4 Å². The van der Waals surface area contributed by atoms with E-state index in [1.807, 2.05) is 0 Å². The third-order valence-electron chi connectivity index (χ3n) is 4.57. The van der Waals surface area contributed by atoms with Crippen LogP contribution in [0.2, 0.25) is 0 Å². The minimum Gasteiger partial charge on any atom is -0.496 e.